The van der Waals surface area contributed by atoms with Crippen molar-refractivity contribution in [3.05, 3.63) is 53.7 Å². The van der Waals surface area contributed by atoms with Gasteiger partial charge in [-0.05, 0) is 37.0 Å². The van der Waals surface area contributed by atoms with E-state index in [1.54, 1.807) is 6.20 Å². The van der Waals surface area contributed by atoms with Crippen molar-refractivity contribution in [2.75, 3.05) is 6.61 Å². The molecule has 2 heterocycles. The molecule has 0 amide bonds. The van der Waals surface area contributed by atoms with Crippen LogP contribution in [0.25, 0.3) is 0 Å². The number of benzene rings is 1. The molecular formula is C22H31IN4O2. The van der Waals surface area contributed by atoms with Gasteiger partial charge in [-0.1, -0.05) is 32.0 Å². The molecule has 0 aliphatic carbocycles. The molecule has 1 aliphatic heterocycles. The van der Waals surface area contributed by atoms with Gasteiger partial charge in [0.25, 0.3) is 0 Å². The molecule has 3 N–H and O–H groups in total. The molecule has 0 fully saturated rings. The van der Waals surface area contributed by atoms with Gasteiger partial charge in [0, 0.05) is 24.2 Å². The lowest BCUT2D eigenvalue weighted by atomic mass is 10.0. The van der Waals surface area contributed by atoms with Crippen molar-refractivity contribution in [2.24, 2.45) is 16.6 Å². The summed E-state index contributed by atoms with van der Waals surface area (Å²) in [6.07, 6.45) is 3.73. The number of aromatic nitrogens is 1. The van der Waals surface area contributed by atoms with Gasteiger partial charge in [-0.25, -0.2) is 9.98 Å². The number of nitrogens with one attached hydrogen (secondary N) is 1. The number of guanidine groups is 1. The van der Waals surface area contributed by atoms with Gasteiger partial charge in [-0.2, -0.15) is 0 Å². The summed E-state index contributed by atoms with van der Waals surface area (Å²) in [5.41, 5.74) is 8.26. The zero-order valence-electron chi connectivity index (χ0n) is 17.3. The molecule has 0 spiro atoms. The summed E-state index contributed by atoms with van der Waals surface area (Å²) >= 11 is 0. The van der Waals surface area contributed by atoms with Gasteiger partial charge < -0.3 is 20.5 Å². The first kappa shape index (κ1) is 23.3. The van der Waals surface area contributed by atoms with Crippen LogP contribution < -0.4 is 20.5 Å². The first-order valence-corrected chi connectivity index (χ1v) is 9.91. The molecule has 1 aliphatic rings. The second-order valence-electron chi connectivity index (χ2n) is 7.63. The van der Waals surface area contributed by atoms with E-state index in [1.165, 1.54) is 0 Å². The molecule has 0 saturated carbocycles. The van der Waals surface area contributed by atoms with Crippen molar-refractivity contribution < 1.29 is 9.47 Å². The number of para-hydroxylation sites is 1. The van der Waals surface area contributed by atoms with Crippen molar-refractivity contribution >= 4 is 29.9 Å². The second-order valence-corrected chi connectivity index (χ2v) is 7.63. The molecule has 6 nitrogen and oxygen atoms in total. The van der Waals surface area contributed by atoms with Crippen molar-refractivity contribution in [3.63, 3.8) is 0 Å². The third kappa shape index (κ3) is 7.06. The second kappa shape index (κ2) is 11.2. The lowest BCUT2D eigenvalue weighted by Crippen LogP contribution is -2.37. The van der Waals surface area contributed by atoms with E-state index in [2.05, 4.69) is 42.1 Å². The smallest absolute Gasteiger partial charge is 0.213 e. The van der Waals surface area contributed by atoms with Crippen LogP contribution in [0.1, 0.15) is 50.8 Å². The average Bonchev–Trinajstić information content (AvgIpc) is 2.66. The van der Waals surface area contributed by atoms with Crippen molar-refractivity contribution in [1.82, 2.24) is 10.3 Å². The van der Waals surface area contributed by atoms with Crippen LogP contribution in [0.4, 0.5) is 0 Å². The number of hydrogen-bond donors (Lipinski definition) is 2. The van der Waals surface area contributed by atoms with Crippen molar-refractivity contribution in [2.45, 2.75) is 52.3 Å². The zero-order chi connectivity index (χ0) is 19.9. The lowest BCUT2D eigenvalue weighted by Gasteiger charge is -2.26. The minimum absolute atomic E-state index is 0. The molecule has 2 aromatic rings. The van der Waals surface area contributed by atoms with Gasteiger partial charge in [0.1, 0.15) is 5.75 Å². The summed E-state index contributed by atoms with van der Waals surface area (Å²) in [4.78, 5) is 8.79. The molecular weight excluding hydrogens is 479 g/mol. The highest BCUT2D eigenvalue weighted by molar-refractivity contribution is 14.0. The van der Waals surface area contributed by atoms with Crippen LogP contribution in [0.3, 0.4) is 0 Å². The minimum Gasteiger partial charge on any atom is -0.493 e. The Labute approximate surface area is 190 Å². The fourth-order valence-corrected chi connectivity index (χ4v) is 3.42. The first-order chi connectivity index (χ1) is 13.5. The topological polar surface area (TPSA) is 81.8 Å². The van der Waals surface area contributed by atoms with Crippen LogP contribution in [-0.4, -0.2) is 23.7 Å². The van der Waals surface area contributed by atoms with Gasteiger partial charge in [-0.15, -0.1) is 24.0 Å². The van der Waals surface area contributed by atoms with E-state index in [9.17, 15) is 0 Å². The number of aliphatic imine (C=N–C) groups is 1. The molecule has 3 rings (SSSR count). The molecule has 0 bridgehead atoms. The van der Waals surface area contributed by atoms with Gasteiger partial charge in [0.05, 0.1) is 25.3 Å². The fraction of sp³-hybridized carbons (Fsp3) is 0.455. The third-order valence-electron chi connectivity index (χ3n) is 4.64. The van der Waals surface area contributed by atoms with E-state index in [4.69, 9.17) is 15.2 Å². The Morgan fingerprint density at radius 3 is 2.90 bits per heavy atom. The van der Waals surface area contributed by atoms with E-state index >= 15 is 0 Å². The Morgan fingerprint density at radius 2 is 2.10 bits per heavy atom. The molecule has 2 atom stereocenters. The van der Waals surface area contributed by atoms with Crippen LogP contribution >= 0.6 is 24.0 Å². The minimum atomic E-state index is 0. The fourth-order valence-electron chi connectivity index (χ4n) is 3.42. The Bertz CT molecular complexity index is 813. The Hall–Kier alpha value is -2.03. The van der Waals surface area contributed by atoms with Crippen LogP contribution in [0.5, 0.6) is 11.6 Å². The zero-order valence-corrected chi connectivity index (χ0v) is 19.6. The average molecular weight is 510 g/mol. The number of fused-ring (bicyclic) bond motifs is 1. The summed E-state index contributed by atoms with van der Waals surface area (Å²) in [6, 6.07) is 12.0. The largest absolute Gasteiger partial charge is 0.493 e. The number of rotatable bonds is 7. The maximum absolute atomic E-state index is 6.13. The van der Waals surface area contributed by atoms with E-state index < -0.39 is 0 Å². The summed E-state index contributed by atoms with van der Waals surface area (Å²) < 4.78 is 11.6. The van der Waals surface area contributed by atoms with Crippen molar-refractivity contribution in [3.8, 4) is 11.6 Å². The molecule has 0 radical (unpaired) electrons. The highest BCUT2D eigenvalue weighted by Gasteiger charge is 2.21. The summed E-state index contributed by atoms with van der Waals surface area (Å²) in [7, 11) is 0. The van der Waals surface area contributed by atoms with Gasteiger partial charge in [-0.3, -0.25) is 0 Å². The van der Waals surface area contributed by atoms with E-state index in [-0.39, 0.29) is 36.1 Å². The van der Waals surface area contributed by atoms with Gasteiger partial charge in [0.2, 0.25) is 5.88 Å². The first-order valence-electron chi connectivity index (χ1n) is 9.91. The number of halogens is 1. The standard InChI is InChI=1S/C22H30N4O2.HI/c1-15(2)12-16(3)28-21-13-17(8-10-24-21)14-25-22(23)26-19-9-11-27-20-7-5-4-6-18(19)20;/h4-8,10,13,15-16,19H,9,11-12,14H2,1-3H3,(H3,23,25,26);1H. The maximum atomic E-state index is 6.13. The monoisotopic (exact) mass is 510 g/mol. The summed E-state index contributed by atoms with van der Waals surface area (Å²) in [5, 5.41) is 3.31. The molecule has 29 heavy (non-hydrogen) atoms. The maximum Gasteiger partial charge on any atom is 0.213 e. The molecule has 7 heteroatoms. The third-order valence-corrected chi connectivity index (χ3v) is 4.64. The Kier molecular flexibility index (Phi) is 9.00. The highest BCUT2D eigenvalue weighted by atomic mass is 127. The normalized spacial score (nSPS) is 17.0. The van der Waals surface area contributed by atoms with Crippen LogP contribution in [0.15, 0.2) is 47.6 Å². The summed E-state index contributed by atoms with van der Waals surface area (Å²) in [5.74, 6) is 2.55. The van der Waals surface area contributed by atoms with Gasteiger partial charge >= 0.3 is 0 Å². The molecule has 2 unspecified atom stereocenters. The molecule has 0 saturated heterocycles. The quantitative estimate of drug-likeness (QED) is 0.327. The van der Waals surface area contributed by atoms with Crippen molar-refractivity contribution in [1.29, 1.82) is 0 Å². The number of hydrogen-bond acceptors (Lipinski definition) is 4. The lowest BCUT2D eigenvalue weighted by molar-refractivity contribution is 0.185. The highest BCUT2D eigenvalue weighted by Crippen LogP contribution is 2.31. The molecule has 158 valence electrons. The van der Waals surface area contributed by atoms with Crippen LogP contribution in [-0.2, 0) is 6.54 Å². The van der Waals surface area contributed by atoms with Crippen LogP contribution in [0.2, 0.25) is 0 Å². The van der Waals surface area contributed by atoms with Gasteiger partial charge in [0.15, 0.2) is 5.96 Å². The number of nitrogens with zero attached hydrogens (tertiary/aromatic N) is 2. The number of pyridine rings is 1. The Morgan fingerprint density at radius 1 is 1.31 bits per heavy atom. The number of nitrogens with two attached hydrogens (primary N) is 1. The van der Waals surface area contributed by atoms with E-state index in [0.29, 0.717) is 30.9 Å². The summed E-state index contributed by atoms with van der Waals surface area (Å²) in [6.45, 7) is 7.58. The van der Waals surface area contributed by atoms with E-state index in [1.807, 2.05) is 30.3 Å². The SMILES string of the molecule is CC(C)CC(C)Oc1cc(CN=C(N)NC2CCOc3ccccc32)ccn1.I. The molecule has 1 aromatic carbocycles. The Balaban J connectivity index is 0.00000300. The number of ether oxygens (including phenoxy) is 2. The predicted octanol–water partition coefficient (Wildman–Crippen LogP) is 4.44. The molecule has 1 aromatic heterocycles. The van der Waals surface area contributed by atoms with Crippen LogP contribution in [0, 0.1) is 5.92 Å². The predicted molar refractivity (Wildman–Crippen MR) is 127 cm³/mol. The van der Waals surface area contributed by atoms with E-state index in [0.717, 1.165) is 29.7 Å².